The van der Waals surface area contributed by atoms with Crippen LogP contribution in [0.2, 0.25) is 10.0 Å². The minimum Gasteiger partial charge on any atom is -0.506 e. The lowest BCUT2D eigenvalue weighted by molar-refractivity contribution is -0.0431. The second kappa shape index (κ2) is 48.3. The number of fused-ring (bicyclic) bond motifs is 3. The van der Waals surface area contributed by atoms with Crippen LogP contribution < -0.4 is 47.4 Å². The molecule has 672 valence electrons. The van der Waals surface area contributed by atoms with Gasteiger partial charge in [0.15, 0.2) is 46.0 Å². The second-order valence-corrected chi connectivity index (χ2v) is 37.8. The summed E-state index contributed by atoms with van der Waals surface area (Å²) < 4.78 is 53.3. The fourth-order valence-electron chi connectivity index (χ4n) is 11.0. The molecule has 0 aliphatic carbocycles. The van der Waals surface area contributed by atoms with Crippen molar-refractivity contribution < 1.29 is 62.7 Å². The quantitative estimate of drug-likeness (QED) is 0.150. The Bertz CT molecular complexity index is 4110. The van der Waals surface area contributed by atoms with Crippen LogP contribution in [0.3, 0.4) is 0 Å². The lowest BCUT2D eigenvalue weighted by atomic mass is 9.81. The number of methoxy groups -OCH3 is 5. The number of rotatable bonds is 5. The number of phenolic OH excluding ortho intramolecular Hbond substituents is 3. The van der Waals surface area contributed by atoms with Crippen LogP contribution in [0.4, 0.5) is 0 Å². The number of hydrogen-bond donors (Lipinski definition) is 3. The van der Waals surface area contributed by atoms with Crippen LogP contribution in [-0.2, 0) is 48.7 Å². The largest absolute Gasteiger partial charge is 0.506 e. The van der Waals surface area contributed by atoms with Crippen LogP contribution in [-0.4, -0.2) is 70.1 Å². The molecule has 118 heavy (non-hydrogen) atoms. The third-order valence-electron chi connectivity index (χ3n) is 18.4. The van der Waals surface area contributed by atoms with Crippen molar-refractivity contribution in [3.8, 4) is 74.7 Å². The summed E-state index contributed by atoms with van der Waals surface area (Å²) in [6.45, 7) is 63.4. The van der Waals surface area contributed by atoms with E-state index in [0.717, 1.165) is 63.5 Å². The van der Waals surface area contributed by atoms with Gasteiger partial charge in [-0.15, -0.1) is 0 Å². The number of benzene rings is 8. The average molecular weight is 1690 g/mol. The standard InChI is InChI=1S/C14H20O.C13H18O2.C12H16O3.C12H18O.C11H15ClO.2C11H16O2.C10H13ClO.9CH4/c1-13(2,3)10-6-7-12-11(8-10)14(4,5)9-15-12;1-12(2,3)9-6-7-10-11(8-9)15-13(4,5)14-10;1-12(2,3)8-5-9(13-4)11-10(6-8)14-7-15-11;1-9-8-10(12(2,3)4)6-7-11(9)13-5;2*1-11(2,3)8-5-6-10(13-4)9(12)7-8;1-11(2,3)8-5-6-9(12)10(7-8)13-4;1-10(2,3)7-4-5-8(11)9(12)6-7;;;;;;;;;/h6-8H,9H2,1-5H3;6-8H,1-5H3;5-6H,7H2,1-4H3;6-8H,1-5H3;5-7H,1-4H3;2*5-7,12H,1-4H3;4-6,12H,1-3H3;9*1H4. The molecule has 0 fully saturated rings. The Morgan fingerprint density at radius 2 is 0.636 bits per heavy atom. The van der Waals surface area contributed by atoms with E-state index in [9.17, 15) is 15.3 Å². The Morgan fingerprint density at radius 1 is 0.297 bits per heavy atom. The molecule has 0 saturated heterocycles. The summed E-state index contributed by atoms with van der Waals surface area (Å²) in [6.07, 6.45) is 0. The highest BCUT2D eigenvalue weighted by Crippen LogP contribution is 2.46. The van der Waals surface area contributed by atoms with Gasteiger partial charge in [0.1, 0.15) is 23.0 Å². The van der Waals surface area contributed by atoms with Crippen molar-refractivity contribution in [3.05, 3.63) is 205 Å². The maximum absolute atomic E-state index is 9.53. The third-order valence-corrected chi connectivity index (χ3v) is 19.0. The van der Waals surface area contributed by atoms with E-state index in [1.807, 2.05) is 80.6 Å². The highest BCUT2D eigenvalue weighted by Gasteiger charge is 2.35. The molecule has 8 aromatic carbocycles. The Kier molecular flexibility index (Phi) is 49.3. The Morgan fingerprint density at radius 3 is 1.05 bits per heavy atom. The third kappa shape index (κ3) is 36.0. The molecular formula is C103H168Cl2O13. The zero-order valence-electron chi connectivity index (χ0n) is 72.4. The van der Waals surface area contributed by atoms with Gasteiger partial charge in [0, 0.05) is 24.8 Å². The van der Waals surface area contributed by atoms with Crippen molar-refractivity contribution in [1.29, 1.82) is 0 Å². The van der Waals surface area contributed by atoms with Crippen LogP contribution in [0.1, 0.15) is 316 Å². The predicted octanol–water partition coefficient (Wildman–Crippen LogP) is 31.3. The highest BCUT2D eigenvalue weighted by atomic mass is 35.5. The number of aryl methyl sites for hydroxylation is 1. The molecule has 15 heteroatoms. The van der Waals surface area contributed by atoms with Crippen LogP contribution >= 0.6 is 23.2 Å². The molecule has 3 heterocycles. The highest BCUT2D eigenvalue weighted by molar-refractivity contribution is 6.32. The van der Waals surface area contributed by atoms with Gasteiger partial charge in [-0.1, -0.05) is 325 Å². The summed E-state index contributed by atoms with van der Waals surface area (Å²) >= 11 is 11.7. The molecule has 0 bridgehead atoms. The lowest BCUT2D eigenvalue weighted by Crippen LogP contribution is -2.29. The molecular weight excluding hydrogens is 1520 g/mol. The van der Waals surface area contributed by atoms with Crippen molar-refractivity contribution in [2.75, 3.05) is 48.9 Å². The molecule has 8 aromatic rings. The monoisotopic (exact) mass is 1680 g/mol. The molecule has 3 N–H and O–H groups in total. The van der Waals surface area contributed by atoms with Crippen molar-refractivity contribution >= 4 is 23.2 Å². The van der Waals surface area contributed by atoms with Crippen molar-refractivity contribution in [2.24, 2.45) is 0 Å². The van der Waals surface area contributed by atoms with Crippen molar-refractivity contribution in [3.63, 3.8) is 0 Å². The van der Waals surface area contributed by atoms with Crippen LogP contribution in [0.15, 0.2) is 140 Å². The summed E-state index contributed by atoms with van der Waals surface area (Å²) in [7, 11) is 8.08. The van der Waals surface area contributed by atoms with Gasteiger partial charge in [0.05, 0.1) is 52.2 Å². The summed E-state index contributed by atoms with van der Waals surface area (Å²) in [5.74, 6) is 7.77. The smallest absolute Gasteiger partial charge is 0.246 e. The normalized spacial score (nSPS) is 12.6. The van der Waals surface area contributed by atoms with E-state index in [1.54, 1.807) is 65.9 Å². The molecule has 0 amide bonds. The Hall–Kier alpha value is -8.26. The first-order valence-corrected chi connectivity index (χ1v) is 38.1. The molecule has 0 aromatic heterocycles. The Balaban J connectivity index is -0.000000301. The maximum Gasteiger partial charge on any atom is 0.246 e. The minimum atomic E-state index is -0.529. The van der Waals surface area contributed by atoms with E-state index in [0.29, 0.717) is 27.3 Å². The fourth-order valence-corrected chi connectivity index (χ4v) is 11.4. The van der Waals surface area contributed by atoms with E-state index in [4.69, 9.17) is 70.6 Å². The molecule has 11 rings (SSSR count). The number of halogens is 2. The lowest BCUT2D eigenvalue weighted by Gasteiger charge is -2.22. The molecule has 0 radical (unpaired) electrons. The second-order valence-electron chi connectivity index (χ2n) is 37.0. The average Bonchev–Trinajstić information content (AvgIpc) is 1.65. The zero-order chi connectivity index (χ0) is 83.2. The molecule has 3 aliphatic heterocycles. The first-order chi connectivity index (χ1) is 49.8. The van der Waals surface area contributed by atoms with Crippen LogP contribution in [0, 0.1) is 6.92 Å². The molecule has 13 nitrogen and oxygen atoms in total. The number of phenols is 3. The van der Waals surface area contributed by atoms with Gasteiger partial charge >= 0.3 is 0 Å². The molecule has 0 spiro atoms. The van der Waals surface area contributed by atoms with E-state index in [2.05, 4.69) is 229 Å². The molecule has 0 saturated carbocycles. The van der Waals surface area contributed by atoms with E-state index < -0.39 is 5.79 Å². The molecule has 3 aliphatic rings. The number of hydrogen-bond acceptors (Lipinski definition) is 13. The van der Waals surface area contributed by atoms with Gasteiger partial charge in [0.2, 0.25) is 18.3 Å². The van der Waals surface area contributed by atoms with Gasteiger partial charge in [-0.05, 0) is 185 Å². The maximum atomic E-state index is 9.53. The number of aromatic hydroxyl groups is 3. The molecule has 0 atom stereocenters. The van der Waals surface area contributed by atoms with Crippen molar-refractivity contribution in [2.45, 2.75) is 322 Å². The van der Waals surface area contributed by atoms with Gasteiger partial charge in [-0.2, -0.15) is 0 Å². The fraction of sp³-hybridized carbons (Fsp3) is 0.534. The van der Waals surface area contributed by atoms with Crippen LogP contribution in [0.25, 0.3) is 0 Å². The van der Waals surface area contributed by atoms with E-state index >= 15 is 0 Å². The van der Waals surface area contributed by atoms with E-state index in [-0.39, 0.29) is 140 Å². The van der Waals surface area contributed by atoms with Crippen molar-refractivity contribution in [1.82, 2.24) is 0 Å². The summed E-state index contributed by atoms with van der Waals surface area (Å²) in [4.78, 5) is 0. The van der Waals surface area contributed by atoms with Gasteiger partial charge in [0.25, 0.3) is 0 Å². The minimum absolute atomic E-state index is 0. The van der Waals surface area contributed by atoms with Crippen LogP contribution in [0.5, 0.6) is 74.7 Å². The molecule has 0 unspecified atom stereocenters. The number of ether oxygens (including phenoxy) is 10. The predicted molar refractivity (Wildman–Crippen MR) is 514 cm³/mol. The van der Waals surface area contributed by atoms with Gasteiger partial charge in [-0.25, -0.2) is 0 Å². The first-order valence-electron chi connectivity index (χ1n) is 37.3. The van der Waals surface area contributed by atoms with Gasteiger partial charge in [-0.3, -0.25) is 0 Å². The van der Waals surface area contributed by atoms with E-state index in [1.165, 1.54) is 38.9 Å². The first kappa shape index (κ1) is 121. The SMILES string of the molecule is C.C.C.C.C.C.C.C.C.CC(C)(C)c1ccc(Cl)c(O)c1.CC(C)(C)c1ccc2c(c1)C(C)(C)CO2.CC1(C)Oc2ccc(C(C)(C)C)cc2O1.COc1cc(C(C)(C)C)cc2c1OCO2.COc1cc(C(C)(C)C)ccc1O.COc1ccc(C(C)(C)C)cc1C.COc1ccc(C(C)(C)C)cc1Cl.COc1ccc(C(C)(C)C)cc1O. The summed E-state index contributed by atoms with van der Waals surface area (Å²) in [5.41, 5.74) is 13.5. The Labute approximate surface area is 732 Å². The topological polar surface area (TPSA) is 153 Å². The summed E-state index contributed by atoms with van der Waals surface area (Å²) in [6, 6.07) is 45.4. The summed E-state index contributed by atoms with van der Waals surface area (Å²) in [5, 5.41) is 29.3. The zero-order valence-corrected chi connectivity index (χ0v) is 73.9. The van der Waals surface area contributed by atoms with Gasteiger partial charge < -0.3 is 62.7 Å².